The number of aromatic amines is 2. The van der Waals surface area contributed by atoms with Crippen molar-refractivity contribution in [1.82, 2.24) is 15.3 Å². The van der Waals surface area contributed by atoms with Crippen LogP contribution in [0.4, 0.5) is 0 Å². The van der Waals surface area contributed by atoms with Crippen LogP contribution in [0.2, 0.25) is 0 Å². The molecule has 0 radical (unpaired) electrons. The Hall–Kier alpha value is -1.52. The van der Waals surface area contributed by atoms with Crippen molar-refractivity contribution in [3.63, 3.8) is 0 Å². The highest BCUT2D eigenvalue weighted by Crippen LogP contribution is 2.03. The number of hydrogen-bond donors (Lipinski definition) is 3. The monoisotopic (exact) mass is 197 g/mol. The zero-order valence-electron chi connectivity index (χ0n) is 8.82. The first-order valence-corrected chi connectivity index (χ1v) is 4.41. The number of aromatic nitrogens is 2. The zero-order valence-corrected chi connectivity index (χ0v) is 8.82. The minimum Gasteiger partial charge on any atom is -0.346 e. The van der Waals surface area contributed by atoms with Crippen LogP contribution in [0.15, 0.2) is 4.79 Å². The molecule has 0 saturated carbocycles. The first kappa shape index (κ1) is 10.6. The van der Waals surface area contributed by atoms with Crippen LogP contribution in [0, 0.1) is 6.92 Å². The van der Waals surface area contributed by atoms with Crippen LogP contribution in [-0.2, 0) is 0 Å². The van der Waals surface area contributed by atoms with Gasteiger partial charge in [0.15, 0.2) is 0 Å². The molecule has 1 heterocycles. The summed E-state index contributed by atoms with van der Waals surface area (Å²) in [6, 6.07) is 0. The molecular weight excluding hydrogens is 182 g/mol. The Bertz CT molecular complexity index is 395. The predicted octanol–water partition coefficient (Wildman–Crippen LogP) is 0.540. The van der Waals surface area contributed by atoms with E-state index >= 15 is 0 Å². The van der Waals surface area contributed by atoms with E-state index in [0.717, 1.165) is 0 Å². The molecule has 0 aromatic carbocycles. The van der Waals surface area contributed by atoms with Gasteiger partial charge in [0.25, 0.3) is 5.91 Å². The summed E-state index contributed by atoms with van der Waals surface area (Å²) in [6.07, 6.45) is 0. The Balaban J connectivity index is 2.91. The average Bonchev–Trinajstić information content (AvgIpc) is 2.26. The van der Waals surface area contributed by atoms with E-state index in [1.165, 1.54) is 0 Å². The maximum atomic E-state index is 11.6. The molecule has 78 valence electrons. The summed E-state index contributed by atoms with van der Waals surface area (Å²) in [4.78, 5) is 27.4. The molecule has 14 heavy (non-hydrogen) atoms. The molecule has 1 amide bonds. The molecule has 0 saturated heterocycles. The lowest BCUT2D eigenvalue weighted by molar-refractivity contribution is 0.0914. The van der Waals surface area contributed by atoms with Crippen LogP contribution in [0.5, 0.6) is 0 Å². The van der Waals surface area contributed by atoms with Crippen LogP contribution < -0.4 is 11.0 Å². The highest BCUT2D eigenvalue weighted by atomic mass is 16.2. The SMILES string of the molecule is Cc1[nH]c(=O)[nH]c1C(=O)NC(C)(C)C. The van der Waals surface area contributed by atoms with Gasteiger partial charge in [-0.3, -0.25) is 4.79 Å². The summed E-state index contributed by atoms with van der Waals surface area (Å²) in [5.41, 5.74) is 0.181. The van der Waals surface area contributed by atoms with Crippen LogP contribution in [0.1, 0.15) is 37.0 Å². The lowest BCUT2D eigenvalue weighted by Gasteiger charge is -2.19. The average molecular weight is 197 g/mol. The Morgan fingerprint density at radius 2 is 1.86 bits per heavy atom. The zero-order chi connectivity index (χ0) is 10.9. The maximum absolute atomic E-state index is 11.6. The van der Waals surface area contributed by atoms with E-state index in [4.69, 9.17) is 0 Å². The van der Waals surface area contributed by atoms with Crippen molar-refractivity contribution in [3.8, 4) is 0 Å². The quantitative estimate of drug-likeness (QED) is 0.614. The lowest BCUT2D eigenvalue weighted by Crippen LogP contribution is -2.41. The number of hydrogen-bond acceptors (Lipinski definition) is 2. The molecule has 0 fully saturated rings. The van der Waals surface area contributed by atoms with Crippen molar-refractivity contribution in [3.05, 3.63) is 21.9 Å². The molecule has 0 aliphatic heterocycles. The fourth-order valence-electron chi connectivity index (χ4n) is 1.10. The number of carbonyl (C=O) groups is 1. The lowest BCUT2D eigenvalue weighted by atomic mass is 10.1. The summed E-state index contributed by atoms with van der Waals surface area (Å²) < 4.78 is 0. The fourth-order valence-corrected chi connectivity index (χ4v) is 1.10. The standard InChI is InChI=1S/C9H15N3O2/c1-5-6(11-8(14)10-5)7(13)12-9(2,3)4/h1-4H3,(H,12,13)(H2,10,11,14). The van der Waals surface area contributed by atoms with E-state index in [9.17, 15) is 9.59 Å². The van der Waals surface area contributed by atoms with E-state index < -0.39 is 0 Å². The number of aryl methyl sites for hydroxylation is 1. The third-order valence-electron chi connectivity index (χ3n) is 1.63. The molecule has 0 bridgehead atoms. The molecule has 0 aliphatic carbocycles. The maximum Gasteiger partial charge on any atom is 0.323 e. The minimum absolute atomic E-state index is 0.270. The molecule has 0 unspecified atom stereocenters. The predicted molar refractivity (Wildman–Crippen MR) is 53.4 cm³/mol. The topological polar surface area (TPSA) is 77.8 Å². The molecule has 5 nitrogen and oxygen atoms in total. The van der Waals surface area contributed by atoms with Gasteiger partial charge in [-0.05, 0) is 27.7 Å². The van der Waals surface area contributed by atoms with Gasteiger partial charge < -0.3 is 15.3 Å². The molecule has 3 N–H and O–H groups in total. The summed E-state index contributed by atoms with van der Waals surface area (Å²) in [5, 5.41) is 2.76. The van der Waals surface area contributed by atoms with Crippen molar-refractivity contribution >= 4 is 5.91 Å². The normalized spacial score (nSPS) is 11.4. The number of H-pyrrole nitrogens is 2. The molecule has 0 atom stereocenters. The fraction of sp³-hybridized carbons (Fsp3) is 0.556. The largest absolute Gasteiger partial charge is 0.346 e. The van der Waals surface area contributed by atoms with Gasteiger partial charge in [0.2, 0.25) is 0 Å². The Kier molecular flexibility index (Phi) is 2.51. The Labute approximate surface area is 81.9 Å². The van der Waals surface area contributed by atoms with Gasteiger partial charge in [-0.2, -0.15) is 0 Å². The summed E-state index contributed by atoms with van der Waals surface area (Å²) >= 11 is 0. The van der Waals surface area contributed by atoms with Crippen molar-refractivity contribution in [2.75, 3.05) is 0 Å². The van der Waals surface area contributed by atoms with E-state index in [1.54, 1.807) is 6.92 Å². The van der Waals surface area contributed by atoms with E-state index in [0.29, 0.717) is 11.4 Å². The first-order chi connectivity index (χ1) is 6.29. The van der Waals surface area contributed by atoms with Crippen LogP contribution in [0.25, 0.3) is 0 Å². The smallest absolute Gasteiger partial charge is 0.323 e. The minimum atomic E-state index is -0.360. The van der Waals surface area contributed by atoms with Gasteiger partial charge in [0.05, 0.1) is 0 Å². The van der Waals surface area contributed by atoms with Crippen LogP contribution in [0.3, 0.4) is 0 Å². The molecule has 1 aromatic rings. The molecule has 0 spiro atoms. The van der Waals surface area contributed by atoms with Crippen LogP contribution >= 0.6 is 0 Å². The van der Waals surface area contributed by atoms with Gasteiger partial charge in [0.1, 0.15) is 5.69 Å². The number of rotatable bonds is 1. The van der Waals surface area contributed by atoms with Crippen LogP contribution in [-0.4, -0.2) is 21.4 Å². The van der Waals surface area contributed by atoms with Crippen molar-refractivity contribution in [2.24, 2.45) is 0 Å². The van der Waals surface area contributed by atoms with E-state index in [-0.39, 0.29) is 17.1 Å². The number of amides is 1. The Morgan fingerprint density at radius 1 is 1.29 bits per heavy atom. The summed E-state index contributed by atoms with van der Waals surface area (Å²) in [7, 11) is 0. The molecule has 5 heteroatoms. The molecule has 0 aliphatic rings. The van der Waals surface area contributed by atoms with Gasteiger partial charge in [-0.25, -0.2) is 4.79 Å². The van der Waals surface area contributed by atoms with Crippen molar-refractivity contribution in [1.29, 1.82) is 0 Å². The van der Waals surface area contributed by atoms with Gasteiger partial charge in [-0.1, -0.05) is 0 Å². The van der Waals surface area contributed by atoms with Gasteiger partial charge in [0, 0.05) is 11.2 Å². The molecule has 1 aromatic heterocycles. The summed E-state index contributed by atoms with van der Waals surface area (Å²) in [5.74, 6) is -0.270. The number of nitrogens with one attached hydrogen (secondary N) is 3. The number of carbonyl (C=O) groups excluding carboxylic acids is 1. The second-order valence-electron chi connectivity index (χ2n) is 4.28. The number of imidazole rings is 1. The highest BCUT2D eigenvalue weighted by molar-refractivity contribution is 5.93. The third kappa shape index (κ3) is 2.48. The molecule has 1 rings (SSSR count). The van der Waals surface area contributed by atoms with E-state index in [1.807, 2.05) is 20.8 Å². The Morgan fingerprint density at radius 3 is 2.21 bits per heavy atom. The van der Waals surface area contributed by atoms with Gasteiger partial charge in [-0.15, -0.1) is 0 Å². The second kappa shape index (κ2) is 3.32. The highest BCUT2D eigenvalue weighted by Gasteiger charge is 2.18. The second-order valence-corrected chi connectivity index (χ2v) is 4.28. The summed E-state index contributed by atoms with van der Waals surface area (Å²) in [6.45, 7) is 7.32. The van der Waals surface area contributed by atoms with E-state index in [2.05, 4.69) is 15.3 Å². The van der Waals surface area contributed by atoms with Gasteiger partial charge >= 0.3 is 5.69 Å². The third-order valence-corrected chi connectivity index (χ3v) is 1.63. The van der Waals surface area contributed by atoms with Crippen molar-refractivity contribution in [2.45, 2.75) is 33.2 Å². The molecular formula is C9H15N3O2. The van der Waals surface area contributed by atoms with Crippen molar-refractivity contribution < 1.29 is 4.79 Å². The first-order valence-electron chi connectivity index (χ1n) is 4.41.